The highest BCUT2D eigenvalue weighted by molar-refractivity contribution is 7.88. The average Bonchev–Trinajstić information content (AvgIpc) is 2.14. The first-order valence-corrected chi connectivity index (χ1v) is 6.37. The summed E-state index contributed by atoms with van der Waals surface area (Å²) < 4.78 is 23.7. The summed E-state index contributed by atoms with van der Waals surface area (Å²) in [5.74, 6) is 5.60. The molecule has 1 rings (SSSR count). The van der Waals surface area contributed by atoms with Crippen molar-refractivity contribution in [2.75, 3.05) is 12.8 Å². The molecule has 0 spiro atoms. The van der Waals surface area contributed by atoms with Gasteiger partial charge in [-0.15, -0.1) is 0 Å². The Hall–Kier alpha value is -1.31. The van der Waals surface area contributed by atoms with Gasteiger partial charge in [0.15, 0.2) is 0 Å². The third kappa shape index (κ3) is 5.21. The van der Waals surface area contributed by atoms with E-state index in [9.17, 15) is 8.42 Å². The van der Waals surface area contributed by atoms with E-state index in [1.165, 1.54) is 5.56 Å². The Balaban J connectivity index is 2.56. The van der Waals surface area contributed by atoms with E-state index < -0.39 is 10.0 Å². The van der Waals surface area contributed by atoms with Crippen LogP contribution in [0, 0.1) is 18.8 Å². The van der Waals surface area contributed by atoms with Crippen molar-refractivity contribution in [2.24, 2.45) is 0 Å². The van der Waals surface area contributed by atoms with E-state index >= 15 is 0 Å². The second-order valence-corrected chi connectivity index (χ2v) is 5.09. The molecule has 0 bridgehead atoms. The molecule has 0 aliphatic rings. The standard InChI is InChI=1S/C11H13NO2S/c1-10-5-7-11(8-6-10)4-3-9-12-15(2,13)14/h5-8,12H,9H2,1-2H3. The number of hydrogen-bond acceptors (Lipinski definition) is 2. The predicted octanol–water partition coefficient (Wildman–Crippen LogP) is 0.896. The number of benzene rings is 1. The van der Waals surface area contributed by atoms with Crippen LogP contribution in [0.1, 0.15) is 11.1 Å². The zero-order valence-corrected chi connectivity index (χ0v) is 9.56. The van der Waals surface area contributed by atoms with E-state index in [1.807, 2.05) is 31.2 Å². The molecule has 1 aromatic carbocycles. The minimum Gasteiger partial charge on any atom is -0.213 e. The lowest BCUT2D eigenvalue weighted by atomic mass is 10.2. The number of sulfonamides is 1. The maximum Gasteiger partial charge on any atom is 0.209 e. The van der Waals surface area contributed by atoms with Gasteiger partial charge in [-0.05, 0) is 19.1 Å². The summed E-state index contributed by atoms with van der Waals surface area (Å²) >= 11 is 0. The predicted molar refractivity (Wildman–Crippen MR) is 60.9 cm³/mol. The fourth-order valence-electron chi connectivity index (χ4n) is 0.950. The third-order valence-corrected chi connectivity index (χ3v) is 2.38. The quantitative estimate of drug-likeness (QED) is 0.757. The first-order chi connectivity index (χ1) is 6.97. The maximum absolute atomic E-state index is 10.7. The molecule has 80 valence electrons. The van der Waals surface area contributed by atoms with E-state index in [0.717, 1.165) is 11.8 Å². The van der Waals surface area contributed by atoms with Crippen molar-refractivity contribution in [3.63, 3.8) is 0 Å². The highest BCUT2D eigenvalue weighted by Gasteiger charge is 1.95. The van der Waals surface area contributed by atoms with Crippen molar-refractivity contribution in [1.29, 1.82) is 0 Å². The largest absolute Gasteiger partial charge is 0.213 e. The van der Waals surface area contributed by atoms with Gasteiger partial charge in [-0.3, -0.25) is 0 Å². The fourth-order valence-corrected chi connectivity index (χ4v) is 1.28. The van der Waals surface area contributed by atoms with Gasteiger partial charge in [-0.2, -0.15) is 0 Å². The molecule has 0 fully saturated rings. The molecule has 15 heavy (non-hydrogen) atoms. The van der Waals surface area contributed by atoms with Crippen LogP contribution in [0.4, 0.5) is 0 Å². The minimum absolute atomic E-state index is 0.146. The number of hydrogen-bond donors (Lipinski definition) is 1. The lowest BCUT2D eigenvalue weighted by Gasteiger charge is -1.94. The Bertz CT molecular complexity index is 478. The third-order valence-electron chi connectivity index (χ3n) is 1.71. The molecule has 1 aromatic rings. The molecule has 0 amide bonds. The van der Waals surface area contributed by atoms with Gasteiger partial charge in [0.1, 0.15) is 0 Å². The van der Waals surface area contributed by atoms with Crippen LogP contribution in [0.2, 0.25) is 0 Å². The molecule has 0 aliphatic heterocycles. The zero-order chi connectivity index (χ0) is 11.3. The Morgan fingerprint density at radius 2 is 1.87 bits per heavy atom. The van der Waals surface area contributed by atoms with E-state index in [4.69, 9.17) is 0 Å². The molecule has 0 atom stereocenters. The second-order valence-electron chi connectivity index (χ2n) is 3.26. The van der Waals surface area contributed by atoms with E-state index in [-0.39, 0.29) is 6.54 Å². The molecule has 0 saturated heterocycles. The molecular weight excluding hydrogens is 210 g/mol. The highest BCUT2D eigenvalue weighted by atomic mass is 32.2. The average molecular weight is 223 g/mol. The molecule has 0 heterocycles. The first-order valence-electron chi connectivity index (χ1n) is 4.47. The zero-order valence-electron chi connectivity index (χ0n) is 8.74. The van der Waals surface area contributed by atoms with Crippen molar-refractivity contribution in [1.82, 2.24) is 4.72 Å². The molecular formula is C11H13NO2S. The molecule has 1 N–H and O–H groups in total. The summed E-state index contributed by atoms with van der Waals surface area (Å²) in [6.45, 7) is 2.15. The van der Waals surface area contributed by atoms with Crippen LogP contribution in [0.15, 0.2) is 24.3 Å². The monoisotopic (exact) mass is 223 g/mol. The second kappa shape index (κ2) is 4.96. The van der Waals surface area contributed by atoms with Crippen LogP contribution in [-0.2, 0) is 10.0 Å². The molecule has 4 heteroatoms. The van der Waals surface area contributed by atoms with Crippen LogP contribution in [0.25, 0.3) is 0 Å². The summed E-state index contributed by atoms with van der Waals surface area (Å²) in [6.07, 6.45) is 1.11. The SMILES string of the molecule is Cc1ccc(C#CCNS(C)(=O)=O)cc1. The summed E-state index contributed by atoms with van der Waals surface area (Å²) in [5, 5.41) is 0. The van der Waals surface area contributed by atoms with Crippen molar-refractivity contribution >= 4 is 10.0 Å². The van der Waals surface area contributed by atoms with Crippen molar-refractivity contribution in [2.45, 2.75) is 6.92 Å². The topological polar surface area (TPSA) is 46.2 Å². The first kappa shape index (κ1) is 11.8. The van der Waals surface area contributed by atoms with Gasteiger partial charge < -0.3 is 0 Å². The molecule has 0 aromatic heterocycles. The van der Waals surface area contributed by atoms with E-state index in [0.29, 0.717) is 0 Å². The van der Waals surface area contributed by atoms with Crippen LogP contribution in [0.3, 0.4) is 0 Å². The lowest BCUT2D eigenvalue weighted by Crippen LogP contribution is -2.21. The van der Waals surface area contributed by atoms with Gasteiger partial charge in [0.25, 0.3) is 0 Å². The van der Waals surface area contributed by atoms with Gasteiger partial charge in [0.2, 0.25) is 10.0 Å². The van der Waals surface area contributed by atoms with Crippen LogP contribution < -0.4 is 4.72 Å². The summed E-state index contributed by atoms with van der Waals surface area (Å²) in [5.41, 5.74) is 2.06. The number of aryl methyl sites for hydroxylation is 1. The summed E-state index contributed by atoms with van der Waals surface area (Å²) in [4.78, 5) is 0. The minimum atomic E-state index is -3.14. The van der Waals surface area contributed by atoms with Crippen molar-refractivity contribution in [3.05, 3.63) is 35.4 Å². The number of rotatable bonds is 2. The van der Waals surface area contributed by atoms with E-state index in [2.05, 4.69) is 16.6 Å². The van der Waals surface area contributed by atoms with E-state index in [1.54, 1.807) is 0 Å². The Labute approximate surface area is 90.6 Å². The van der Waals surface area contributed by atoms with Gasteiger partial charge in [0, 0.05) is 5.56 Å². The van der Waals surface area contributed by atoms with Crippen molar-refractivity contribution in [3.8, 4) is 11.8 Å². The normalized spacial score (nSPS) is 10.5. The summed E-state index contributed by atoms with van der Waals surface area (Å²) in [7, 11) is -3.14. The van der Waals surface area contributed by atoms with Crippen LogP contribution in [-0.4, -0.2) is 21.2 Å². The van der Waals surface area contributed by atoms with Gasteiger partial charge in [0.05, 0.1) is 12.8 Å². The Morgan fingerprint density at radius 3 is 2.40 bits per heavy atom. The molecule has 0 unspecified atom stereocenters. The Kier molecular flexibility index (Phi) is 3.89. The van der Waals surface area contributed by atoms with Gasteiger partial charge >= 0.3 is 0 Å². The molecule has 0 radical (unpaired) electrons. The summed E-state index contributed by atoms with van der Waals surface area (Å²) in [6, 6.07) is 7.74. The maximum atomic E-state index is 10.7. The smallest absolute Gasteiger partial charge is 0.209 e. The molecule has 3 nitrogen and oxygen atoms in total. The van der Waals surface area contributed by atoms with Crippen molar-refractivity contribution < 1.29 is 8.42 Å². The van der Waals surface area contributed by atoms with Gasteiger partial charge in [-0.25, -0.2) is 13.1 Å². The van der Waals surface area contributed by atoms with Crippen LogP contribution in [0.5, 0.6) is 0 Å². The fraction of sp³-hybridized carbons (Fsp3) is 0.273. The number of nitrogens with one attached hydrogen (secondary N) is 1. The highest BCUT2D eigenvalue weighted by Crippen LogP contribution is 2.00. The molecule has 0 aliphatic carbocycles. The lowest BCUT2D eigenvalue weighted by molar-refractivity contribution is 0.592. The van der Waals surface area contributed by atoms with Crippen LogP contribution >= 0.6 is 0 Å². The Morgan fingerprint density at radius 1 is 1.27 bits per heavy atom. The van der Waals surface area contributed by atoms with Gasteiger partial charge in [-0.1, -0.05) is 29.5 Å². The molecule has 0 saturated carbocycles.